The molecule has 0 bridgehead atoms. The topological polar surface area (TPSA) is 78.6 Å². The summed E-state index contributed by atoms with van der Waals surface area (Å²) < 4.78 is 80.4. The normalized spacial score (nSPS) is 17.9. The van der Waals surface area contributed by atoms with Crippen molar-refractivity contribution in [1.29, 1.82) is 0 Å². The molecule has 13 heteroatoms. The molecule has 3 aromatic rings. The van der Waals surface area contributed by atoms with Crippen LogP contribution in [-0.2, 0) is 12.6 Å². The lowest BCUT2D eigenvalue weighted by Gasteiger charge is -2.32. The zero-order chi connectivity index (χ0) is 24.5. The van der Waals surface area contributed by atoms with Crippen molar-refractivity contribution in [1.82, 2.24) is 24.5 Å². The average Bonchev–Trinajstić information content (AvgIpc) is 3.23. The van der Waals surface area contributed by atoms with E-state index in [4.69, 9.17) is 0 Å². The third-order valence-electron chi connectivity index (χ3n) is 5.69. The van der Waals surface area contributed by atoms with Crippen LogP contribution in [0.25, 0.3) is 16.8 Å². The smallest absolute Gasteiger partial charge is 0.395 e. The zero-order valence-electron chi connectivity index (χ0n) is 17.9. The van der Waals surface area contributed by atoms with Crippen LogP contribution in [0.4, 0.5) is 32.3 Å². The molecule has 2 N–H and O–H groups in total. The number of halogens is 6. The number of aromatic nitrogens is 4. The first-order valence-corrected chi connectivity index (χ1v) is 10.6. The van der Waals surface area contributed by atoms with E-state index in [9.17, 15) is 31.4 Å². The molecular formula is C21H22F6N6O. The number of piperidine rings is 1. The molecule has 3 heterocycles. The maximum Gasteiger partial charge on any atom is 0.416 e. The van der Waals surface area contributed by atoms with Gasteiger partial charge in [0.15, 0.2) is 0 Å². The average molecular weight is 488 g/mol. The minimum absolute atomic E-state index is 0.00146. The Morgan fingerprint density at radius 2 is 1.91 bits per heavy atom. The van der Waals surface area contributed by atoms with Crippen LogP contribution in [-0.4, -0.2) is 68.0 Å². The van der Waals surface area contributed by atoms with Gasteiger partial charge in [0.05, 0.1) is 30.3 Å². The van der Waals surface area contributed by atoms with Gasteiger partial charge >= 0.3 is 12.4 Å². The third kappa shape index (κ3) is 5.41. The van der Waals surface area contributed by atoms with E-state index in [-0.39, 0.29) is 23.9 Å². The summed E-state index contributed by atoms with van der Waals surface area (Å²) in [4.78, 5) is 6.14. The van der Waals surface area contributed by atoms with Crippen LogP contribution in [0, 0.1) is 0 Å². The zero-order valence-corrected chi connectivity index (χ0v) is 17.9. The van der Waals surface area contributed by atoms with Crippen LogP contribution in [0.5, 0.6) is 0 Å². The Hall–Kier alpha value is -2.93. The number of aliphatic hydroxyl groups excluding tert-OH is 1. The summed E-state index contributed by atoms with van der Waals surface area (Å²) in [6.45, 7) is 2.11. The van der Waals surface area contributed by atoms with Gasteiger partial charge in [-0.25, -0.2) is 4.98 Å². The first-order valence-electron chi connectivity index (χ1n) is 10.6. The summed E-state index contributed by atoms with van der Waals surface area (Å²) in [5, 5.41) is 20.6. The summed E-state index contributed by atoms with van der Waals surface area (Å²) >= 11 is 0. The number of anilines is 1. The Labute approximate surface area is 190 Å². The van der Waals surface area contributed by atoms with Gasteiger partial charge in [-0.15, -0.1) is 10.2 Å². The minimum Gasteiger partial charge on any atom is -0.395 e. The molecule has 1 aromatic carbocycles. The van der Waals surface area contributed by atoms with E-state index < -0.39 is 29.9 Å². The maximum atomic E-state index is 13.2. The van der Waals surface area contributed by atoms with Gasteiger partial charge in [0.25, 0.3) is 0 Å². The van der Waals surface area contributed by atoms with Crippen LogP contribution in [0.2, 0.25) is 0 Å². The number of rotatable bonds is 6. The van der Waals surface area contributed by atoms with Gasteiger partial charge in [0.2, 0.25) is 5.95 Å². The van der Waals surface area contributed by atoms with Crippen LogP contribution < -0.4 is 5.32 Å². The van der Waals surface area contributed by atoms with Gasteiger partial charge in [-0.05, 0) is 37.1 Å². The predicted octanol–water partition coefficient (Wildman–Crippen LogP) is 3.78. The van der Waals surface area contributed by atoms with Crippen molar-refractivity contribution in [3.05, 3.63) is 41.9 Å². The maximum absolute atomic E-state index is 13.2. The van der Waals surface area contributed by atoms with Crippen LogP contribution in [0.3, 0.4) is 0 Å². The fourth-order valence-corrected chi connectivity index (χ4v) is 4.19. The van der Waals surface area contributed by atoms with Crippen molar-refractivity contribution in [3.63, 3.8) is 0 Å². The summed E-state index contributed by atoms with van der Waals surface area (Å²) in [5.74, 6) is 0.316. The Bertz CT molecular complexity index is 1140. The molecule has 2 aromatic heterocycles. The molecule has 1 fully saturated rings. The number of benzene rings is 1. The van der Waals surface area contributed by atoms with E-state index in [0.717, 1.165) is 31.5 Å². The Morgan fingerprint density at radius 1 is 1.12 bits per heavy atom. The Kier molecular flexibility index (Phi) is 6.67. The molecule has 4 rings (SSSR count). The fourth-order valence-electron chi connectivity index (χ4n) is 4.19. The van der Waals surface area contributed by atoms with Gasteiger partial charge < -0.3 is 10.4 Å². The molecule has 0 aliphatic carbocycles. The monoisotopic (exact) mass is 488 g/mol. The van der Waals surface area contributed by atoms with Crippen LogP contribution in [0.1, 0.15) is 24.0 Å². The van der Waals surface area contributed by atoms with Crippen molar-refractivity contribution < 1.29 is 31.4 Å². The number of imidazole rings is 1. The molecule has 0 amide bonds. The molecule has 184 valence electrons. The quantitative estimate of drug-likeness (QED) is 0.515. The van der Waals surface area contributed by atoms with Crippen LogP contribution in [0.15, 0.2) is 30.7 Å². The van der Waals surface area contributed by atoms with E-state index in [1.165, 1.54) is 16.9 Å². The second-order valence-electron chi connectivity index (χ2n) is 8.19. The first kappa shape index (κ1) is 24.2. The number of nitrogens with zero attached hydrogens (tertiary/aromatic N) is 5. The van der Waals surface area contributed by atoms with Gasteiger partial charge in [-0.2, -0.15) is 26.3 Å². The lowest BCUT2D eigenvalue weighted by molar-refractivity contribution is -0.138. The van der Waals surface area contributed by atoms with Crippen molar-refractivity contribution in [2.24, 2.45) is 0 Å². The molecule has 0 radical (unpaired) electrons. The number of aliphatic hydroxyl groups is 1. The van der Waals surface area contributed by atoms with Gasteiger partial charge in [0, 0.05) is 24.7 Å². The number of β-amino-alcohol motifs (C(OH)–C–C–N with tert-alkyl or cyclic N) is 1. The number of alkyl halides is 6. The lowest BCUT2D eigenvalue weighted by Crippen LogP contribution is -2.43. The number of nitrogens with one attached hydrogen (secondary N) is 1. The van der Waals surface area contributed by atoms with Gasteiger partial charge in [-0.3, -0.25) is 9.30 Å². The van der Waals surface area contributed by atoms with Crippen LogP contribution >= 0.6 is 0 Å². The Morgan fingerprint density at radius 3 is 2.62 bits per heavy atom. The number of hydrogen-bond acceptors (Lipinski definition) is 6. The highest BCUT2D eigenvalue weighted by Crippen LogP contribution is 2.36. The molecule has 1 saturated heterocycles. The predicted molar refractivity (Wildman–Crippen MR) is 111 cm³/mol. The Balaban J connectivity index is 1.70. The molecule has 0 saturated carbocycles. The molecule has 34 heavy (non-hydrogen) atoms. The minimum atomic E-state index is -4.78. The molecule has 1 unspecified atom stereocenters. The second-order valence-corrected chi connectivity index (χ2v) is 8.19. The molecule has 1 aliphatic rings. The largest absolute Gasteiger partial charge is 0.416 e. The number of likely N-dealkylation sites (tertiary alicyclic amines) is 1. The SMILES string of the molecule is OCCN1CCCC(Nc2nnc(-c3ccc(C(F)(F)F)cc3CC(F)(F)F)c3cncn23)C1. The summed E-state index contributed by atoms with van der Waals surface area (Å²) in [5.41, 5.74) is -1.50. The summed E-state index contributed by atoms with van der Waals surface area (Å²) in [6.07, 6.45) is -6.50. The van der Waals surface area contributed by atoms with E-state index in [0.29, 0.717) is 30.6 Å². The van der Waals surface area contributed by atoms with Gasteiger partial charge in [0.1, 0.15) is 12.0 Å². The molecule has 1 atom stereocenters. The van der Waals surface area contributed by atoms with E-state index in [1.807, 2.05) is 0 Å². The van der Waals surface area contributed by atoms with Crippen molar-refractivity contribution in [2.45, 2.75) is 37.7 Å². The first-order chi connectivity index (χ1) is 16.0. The van der Waals surface area contributed by atoms with Crippen molar-refractivity contribution >= 4 is 11.5 Å². The molecule has 0 spiro atoms. The van der Waals surface area contributed by atoms with E-state index >= 15 is 0 Å². The van der Waals surface area contributed by atoms with Crippen molar-refractivity contribution in [3.8, 4) is 11.3 Å². The number of hydrogen-bond donors (Lipinski definition) is 2. The second kappa shape index (κ2) is 9.37. The van der Waals surface area contributed by atoms with Gasteiger partial charge in [-0.1, -0.05) is 6.07 Å². The fraction of sp³-hybridized carbons (Fsp3) is 0.476. The lowest BCUT2D eigenvalue weighted by atomic mass is 9.98. The highest BCUT2D eigenvalue weighted by atomic mass is 19.4. The molecule has 7 nitrogen and oxygen atoms in total. The molecular weight excluding hydrogens is 466 g/mol. The summed E-state index contributed by atoms with van der Waals surface area (Å²) in [7, 11) is 0. The van der Waals surface area contributed by atoms with E-state index in [1.54, 1.807) is 0 Å². The highest BCUT2D eigenvalue weighted by Gasteiger charge is 2.35. The third-order valence-corrected chi connectivity index (χ3v) is 5.69. The van der Waals surface area contributed by atoms with E-state index in [2.05, 4.69) is 25.4 Å². The standard InChI is InChI=1S/C21H22F6N6O/c22-20(23,24)9-13-8-14(21(25,26)27)3-4-16(13)18-17-10-28-12-33(17)19(31-30-18)29-15-2-1-5-32(11-15)6-7-34/h3-4,8,10,12,15,34H,1-2,5-7,9,11H2,(H,29,31). The number of fused-ring (bicyclic) bond motifs is 1. The molecule has 1 aliphatic heterocycles. The highest BCUT2D eigenvalue weighted by molar-refractivity contribution is 5.79. The van der Waals surface area contributed by atoms with Crippen molar-refractivity contribution in [2.75, 3.05) is 31.6 Å². The summed E-state index contributed by atoms with van der Waals surface area (Å²) in [6, 6.07) is 2.22.